The van der Waals surface area contributed by atoms with Gasteiger partial charge >= 0.3 is 0 Å². The molecule has 0 aromatic heterocycles. The molecule has 106 valence electrons. The van der Waals surface area contributed by atoms with Crippen LogP contribution in [0, 0.1) is 22.2 Å². The molecule has 0 radical (unpaired) electrons. The van der Waals surface area contributed by atoms with E-state index in [1.807, 2.05) is 0 Å². The number of hydrogen-bond donors (Lipinski definition) is 1. The van der Waals surface area contributed by atoms with Crippen LogP contribution in [0.1, 0.15) is 53.4 Å². The molecule has 2 saturated carbocycles. The van der Waals surface area contributed by atoms with Gasteiger partial charge in [0.25, 0.3) is 0 Å². The van der Waals surface area contributed by atoms with Gasteiger partial charge < -0.3 is 10.1 Å². The molecule has 18 heavy (non-hydrogen) atoms. The van der Waals surface area contributed by atoms with Crippen LogP contribution in [0.4, 0.5) is 0 Å². The molecule has 0 saturated heterocycles. The van der Waals surface area contributed by atoms with Gasteiger partial charge in [0.15, 0.2) is 0 Å². The van der Waals surface area contributed by atoms with Gasteiger partial charge in [0, 0.05) is 13.7 Å². The lowest BCUT2D eigenvalue weighted by atomic mass is 9.67. The van der Waals surface area contributed by atoms with Gasteiger partial charge in [0.1, 0.15) is 0 Å². The van der Waals surface area contributed by atoms with E-state index in [4.69, 9.17) is 4.74 Å². The molecule has 2 heteroatoms. The molecule has 1 spiro atoms. The lowest BCUT2D eigenvalue weighted by Gasteiger charge is -2.38. The van der Waals surface area contributed by atoms with Gasteiger partial charge in [-0.05, 0) is 48.0 Å². The summed E-state index contributed by atoms with van der Waals surface area (Å²) in [6.45, 7) is 12.9. The van der Waals surface area contributed by atoms with Crippen molar-refractivity contribution in [2.24, 2.45) is 22.2 Å². The number of ether oxygens (including phenoxy) is 1. The first-order chi connectivity index (χ1) is 8.36. The van der Waals surface area contributed by atoms with Gasteiger partial charge in [0.2, 0.25) is 0 Å². The Morgan fingerprint density at radius 1 is 1.17 bits per heavy atom. The van der Waals surface area contributed by atoms with Crippen molar-refractivity contribution >= 4 is 0 Å². The third-order valence-electron chi connectivity index (χ3n) is 5.84. The monoisotopic (exact) mass is 253 g/mol. The molecule has 0 aromatic carbocycles. The number of hydrogen-bond acceptors (Lipinski definition) is 2. The third-order valence-corrected chi connectivity index (χ3v) is 5.84. The van der Waals surface area contributed by atoms with Crippen molar-refractivity contribution in [3.63, 3.8) is 0 Å². The van der Waals surface area contributed by atoms with Crippen molar-refractivity contribution in [2.75, 3.05) is 26.8 Å². The Kier molecular flexibility index (Phi) is 3.81. The number of methoxy groups -OCH3 is 1. The second kappa shape index (κ2) is 4.79. The maximum absolute atomic E-state index is 5.10. The quantitative estimate of drug-likeness (QED) is 0.758. The van der Waals surface area contributed by atoms with E-state index in [-0.39, 0.29) is 0 Å². The lowest BCUT2D eigenvalue weighted by molar-refractivity contribution is 0.130. The van der Waals surface area contributed by atoms with Crippen LogP contribution < -0.4 is 5.32 Å². The molecule has 0 aliphatic heterocycles. The molecule has 2 aliphatic carbocycles. The van der Waals surface area contributed by atoms with E-state index in [0.29, 0.717) is 16.2 Å². The minimum atomic E-state index is 0.533. The molecule has 2 fully saturated rings. The van der Waals surface area contributed by atoms with Crippen molar-refractivity contribution in [1.29, 1.82) is 0 Å². The predicted octanol–water partition coefficient (Wildman–Crippen LogP) is 3.47. The molecular weight excluding hydrogens is 222 g/mol. The zero-order valence-corrected chi connectivity index (χ0v) is 12.9. The molecule has 2 unspecified atom stereocenters. The second-order valence-electron chi connectivity index (χ2n) is 7.82. The van der Waals surface area contributed by atoms with Crippen molar-refractivity contribution in [3.05, 3.63) is 0 Å². The molecule has 1 N–H and O–H groups in total. The summed E-state index contributed by atoms with van der Waals surface area (Å²) in [6, 6.07) is 0. The van der Waals surface area contributed by atoms with Gasteiger partial charge in [-0.25, -0.2) is 0 Å². The van der Waals surface area contributed by atoms with Crippen molar-refractivity contribution < 1.29 is 4.74 Å². The van der Waals surface area contributed by atoms with E-state index in [2.05, 4.69) is 33.0 Å². The summed E-state index contributed by atoms with van der Waals surface area (Å²) in [4.78, 5) is 0. The van der Waals surface area contributed by atoms with Crippen molar-refractivity contribution in [1.82, 2.24) is 5.32 Å². The Hall–Kier alpha value is -0.0800. The van der Waals surface area contributed by atoms with E-state index >= 15 is 0 Å². The molecule has 0 bridgehead atoms. The normalized spacial score (nSPS) is 36.8. The Morgan fingerprint density at radius 2 is 1.89 bits per heavy atom. The first kappa shape index (κ1) is 14.3. The van der Waals surface area contributed by atoms with Crippen LogP contribution in [0.5, 0.6) is 0 Å². The van der Waals surface area contributed by atoms with Crippen LogP contribution in [0.3, 0.4) is 0 Å². The maximum atomic E-state index is 5.10. The van der Waals surface area contributed by atoms with E-state index < -0.39 is 0 Å². The van der Waals surface area contributed by atoms with Gasteiger partial charge in [-0.3, -0.25) is 0 Å². The van der Waals surface area contributed by atoms with Crippen LogP contribution in [-0.4, -0.2) is 26.8 Å². The topological polar surface area (TPSA) is 21.3 Å². The fourth-order valence-electron chi connectivity index (χ4n) is 4.69. The third kappa shape index (κ3) is 2.34. The van der Waals surface area contributed by atoms with Crippen LogP contribution in [0.2, 0.25) is 0 Å². The smallest absolute Gasteiger partial charge is 0.0587 e. The Labute approximate surface area is 113 Å². The molecular formula is C16H31NO. The summed E-state index contributed by atoms with van der Waals surface area (Å²) in [5.74, 6) is 0.862. The maximum Gasteiger partial charge on any atom is 0.0587 e. The summed E-state index contributed by atoms with van der Waals surface area (Å²) in [5, 5.41) is 3.58. The number of nitrogens with one attached hydrogen (secondary N) is 1. The van der Waals surface area contributed by atoms with E-state index in [9.17, 15) is 0 Å². The number of rotatable bonds is 5. The van der Waals surface area contributed by atoms with E-state index in [0.717, 1.165) is 19.1 Å². The molecule has 0 amide bonds. The van der Waals surface area contributed by atoms with Crippen molar-refractivity contribution in [2.45, 2.75) is 53.4 Å². The minimum absolute atomic E-state index is 0.533. The van der Waals surface area contributed by atoms with Crippen LogP contribution in [-0.2, 0) is 4.74 Å². The summed E-state index contributed by atoms with van der Waals surface area (Å²) < 4.78 is 5.10. The van der Waals surface area contributed by atoms with E-state index in [1.54, 1.807) is 7.11 Å². The summed E-state index contributed by atoms with van der Waals surface area (Å²) in [5.41, 5.74) is 1.70. The molecule has 2 aliphatic rings. The highest BCUT2D eigenvalue weighted by Gasteiger charge is 2.70. The zero-order chi connectivity index (χ0) is 13.4. The summed E-state index contributed by atoms with van der Waals surface area (Å²) >= 11 is 0. The Bertz CT molecular complexity index is 297. The highest BCUT2D eigenvalue weighted by molar-refractivity contribution is 5.19. The fraction of sp³-hybridized carbons (Fsp3) is 1.00. The average Bonchev–Trinajstić information content (AvgIpc) is 2.68. The molecule has 2 nitrogen and oxygen atoms in total. The predicted molar refractivity (Wildman–Crippen MR) is 76.7 cm³/mol. The molecule has 2 atom stereocenters. The lowest BCUT2D eigenvalue weighted by Crippen LogP contribution is -2.29. The molecule has 0 heterocycles. The van der Waals surface area contributed by atoms with Gasteiger partial charge in [0.05, 0.1) is 6.61 Å². The van der Waals surface area contributed by atoms with Crippen LogP contribution in [0.15, 0.2) is 0 Å². The summed E-state index contributed by atoms with van der Waals surface area (Å²) in [6.07, 6.45) is 5.70. The summed E-state index contributed by atoms with van der Waals surface area (Å²) in [7, 11) is 1.77. The first-order valence-electron chi connectivity index (χ1n) is 7.55. The van der Waals surface area contributed by atoms with Gasteiger partial charge in [-0.1, -0.05) is 34.1 Å². The van der Waals surface area contributed by atoms with Gasteiger partial charge in [-0.15, -0.1) is 0 Å². The highest BCUT2D eigenvalue weighted by Crippen LogP contribution is 2.76. The standard InChI is InChI=1S/C16H31NO/c1-14(2)7-6-8-16(12-14)13(15(16,3)4)11-17-9-10-18-5/h13,17H,6-12H2,1-5H3. The van der Waals surface area contributed by atoms with Crippen LogP contribution >= 0.6 is 0 Å². The zero-order valence-electron chi connectivity index (χ0n) is 12.9. The fourth-order valence-corrected chi connectivity index (χ4v) is 4.69. The Morgan fingerprint density at radius 3 is 2.50 bits per heavy atom. The largest absolute Gasteiger partial charge is 0.383 e. The SMILES string of the molecule is COCCNCC1C(C)(C)C12CCCC(C)(C)C2. The Balaban J connectivity index is 1.92. The highest BCUT2D eigenvalue weighted by atomic mass is 16.5. The second-order valence-corrected chi connectivity index (χ2v) is 7.82. The minimum Gasteiger partial charge on any atom is -0.383 e. The van der Waals surface area contributed by atoms with E-state index in [1.165, 1.54) is 32.2 Å². The van der Waals surface area contributed by atoms with Gasteiger partial charge in [-0.2, -0.15) is 0 Å². The molecule has 0 aromatic rings. The first-order valence-corrected chi connectivity index (χ1v) is 7.55. The van der Waals surface area contributed by atoms with Crippen LogP contribution in [0.25, 0.3) is 0 Å². The van der Waals surface area contributed by atoms with Crippen molar-refractivity contribution in [3.8, 4) is 0 Å². The average molecular weight is 253 g/mol. The molecule has 2 rings (SSSR count).